The van der Waals surface area contributed by atoms with Gasteiger partial charge in [-0.1, -0.05) is 35.0 Å². The molecule has 0 unspecified atom stereocenters. The van der Waals surface area contributed by atoms with Gasteiger partial charge in [-0.3, -0.25) is 0 Å². The molecule has 0 aliphatic carbocycles. The first kappa shape index (κ1) is 11.5. The number of aromatic nitrogens is 2. The van der Waals surface area contributed by atoms with E-state index in [1.165, 1.54) is 5.56 Å². The molecule has 0 amide bonds. The van der Waals surface area contributed by atoms with Crippen molar-refractivity contribution in [2.24, 2.45) is 0 Å². The summed E-state index contributed by atoms with van der Waals surface area (Å²) in [5, 5.41) is 7.07. The van der Waals surface area contributed by atoms with Gasteiger partial charge in [0.25, 0.3) is 0 Å². The smallest absolute Gasteiger partial charge is 0.240 e. The third-order valence-electron chi connectivity index (χ3n) is 2.31. The third kappa shape index (κ3) is 3.01. The zero-order chi connectivity index (χ0) is 12.1. The first-order chi connectivity index (χ1) is 8.29. The van der Waals surface area contributed by atoms with Gasteiger partial charge in [-0.25, -0.2) is 0 Å². The maximum absolute atomic E-state index is 5.15. The van der Waals surface area contributed by atoms with Crippen LogP contribution in [-0.4, -0.2) is 16.7 Å². The first-order valence-corrected chi connectivity index (χ1v) is 5.51. The van der Waals surface area contributed by atoms with E-state index in [9.17, 15) is 0 Å². The van der Waals surface area contributed by atoms with Crippen molar-refractivity contribution in [3.63, 3.8) is 0 Å². The number of nitrogens with zero attached hydrogens (tertiary/aromatic N) is 2. The van der Waals surface area contributed by atoms with Crippen LogP contribution < -0.4 is 5.32 Å². The zero-order valence-electron chi connectivity index (χ0n) is 9.81. The standard InChI is InChI=1S/C13H15N3O/c1-3-7-14-9-12-15-13(16-17-12)11-6-4-5-10(2)8-11/h3-6,8,14H,1,7,9H2,2H3. The van der Waals surface area contributed by atoms with Crippen molar-refractivity contribution >= 4 is 0 Å². The number of aryl methyl sites for hydroxylation is 1. The molecule has 0 saturated heterocycles. The highest BCUT2D eigenvalue weighted by Gasteiger charge is 2.07. The summed E-state index contributed by atoms with van der Waals surface area (Å²) in [5.74, 6) is 1.22. The van der Waals surface area contributed by atoms with Crippen molar-refractivity contribution in [1.82, 2.24) is 15.5 Å². The van der Waals surface area contributed by atoms with Gasteiger partial charge in [0.2, 0.25) is 11.7 Å². The number of hydrogen-bond acceptors (Lipinski definition) is 4. The summed E-state index contributed by atoms with van der Waals surface area (Å²) in [7, 11) is 0. The van der Waals surface area contributed by atoms with Crippen LogP contribution in [0.3, 0.4) is 0 Å². The van der Waals surface area contributed by atoms with Gasteiger partial charge in [-0.15, -0.1) is 6.58 Å². The Morgan fingerprint density at radius 1 is 1.47 bits per heavy atom. The molecule has 0 bridgehead atoms. The van der Waals surface area contributed by atoms with E-state index in [0.717, 1.165) is 12.1 Å². The maximum atomic E-state index is 5.15. The fourth-order valence-electron chi connectivity index (χ4n) is 1.51. The molecule has 0 aliphatic heterocycles. The molecule has 0 aliphatic rings. The van der Waals surface area contributed by atoms with Crippen LogP contribution in [0.5, 0.6) is 0 Å². The lowest BCUT2D eigenvalue weighted by atomic mass is 10.1. The van der Waals surface area contributed by atoms with Crippen LogP contribution in [0, 0.1) is 6.92 Å². The second-order valence-corrected chi connectivity index (χ2v) is 3.80. The van der Waals surface area contributed by atoms with Gasteiger partial charge in [0.15, 0.2) is 0 Å². The van der Waals surface area contributed by atoms with E-state index in [0.29, 0.717) is 18.3 Å². The highest BCUT2D eigenvalue weighted by Crippen LogP contribution is 2.16. The molecule has 1 N–H and O–H groups in total. The minimum Gasteiger partial charge on any atom is -0.338 e. The number of nitrogens with one attached hydrogen (secondary N) is 1. The Bertz CT molecular complexity index is 505. The normalized spacial score (nSPS) is 10.4. The molecule has 1 aromatic carbocycles. The molecule has 17 heavy (non-hydrogen) atoms. The Morgan fingerprint density at radius 3 is 3.12 bits per heavy atom. The molecule has 1 aromatic heterocycles. The molecule has 2 rings (SSSR count). The van der Waals surface area contributed by atoms with E-state index in [2.05, 4.69) is 22.0 Å². The fourth-order valence-corrected chi connectivity index (χ4v) is 1.51. The van der Waals surface area contributed by atoms with Gasteiger partial charge >= 0.3 is 0 Å². The van der Waals surface area contributed by atoms with Gasteiger partial charge in [0.1, 0.15) is 0 Å². The van der Waals surface area contributed by atoms with Crippen molar-refractivity contribution in [2.45, 2.75) is 13.5 Å². The van der Waals surface area contributed by atoms with Crippen LogP contribution in [0.2, 0.25) is 0 Å². The molecule has 0 atom stereocenters. The Kier molecular flexibility index (Phi) is 3.67. The van der Waals surface area contributed by atoms with E-state index in [-0.39, 0.29) is 0 Å². The molecule has 4 nitrogen and oxygen atoms in total. The third-order valence-corrected chi connectivity index (χ3v) is 2.31. The molecule has 2 aromatic rings. The lowest BCUT2D eigenvalue weighted by molar-refractivity contribution is 0.370. The molecule has 1 heterocycles. The highest BCUT2D eigenvalue weighted by atomic mass is 16.5. The minimum absolute atomic E-state index is 0.560. The lowest BCUT2D eigenvalue weighted by Crippen LogP contribution is -2.12. The Morgan fingerprint density at radius 2 is 2.35 bits per heavy atom. The summed E-state index contributed by atoms with van der Waals surface area (Å²) in [5.41, 5.74) is 2.15. The van der Waals surface area contributed by atoms with Crippen molar-refractivity contribution in [3.8, 4) is 11.4 Å². The monoisotopic (exact) mass is 229 g/mol. The topological polar surface area (TPSA) is 51.0 Å². The summed E-state index contributed by atoms with van der Waals surface area (Å²) >= 11 is 0. The summed E-state index contributed by atoms with van der Waals surface area (Å²) in [4.78, 5) is 4.32. The first-order valence-electron chi connectivity index (χ1n) is 5.51. The quantitative estimate of drug-likeness (QED) is 0.631. The molecule has 0 saturated carbocycles. The van der Waals surface area contributed by atoms with Crippen LogP contribution in [0.25, 0.3) is 11.4 Å². The predicted octanol–water partition coefficient (Wildman–Crippen LogP) is 2.32. The second kappa shape index (κ2) is 5.41. The van der Waals surface area contributed by atoms with Crippen LogP contribution in [0.15, 0.2) is 41.4 Å². The van der Waals surface area contributed by atoms with E-state index < -0.39 is 0 Å². The van der Waals surface area contributed by atoms with Crippen molar-refractivity contribution < 1.29 is 4.52 Å². The van der Waals surface area contributed by atoms with E-state index >= 15 is 0 Å². The van der Waals surface area contributed by atoms with E-state index in [1.807, 2.05) is 31.2 Å². The lowest BCUT2D eigenvalue weighted by Gasteiger charge is -1.95. The molecule has 0 fully saturated rings. The maximum Gasteiger partial charge on any atom is 0.240 e. The molecule has 88 valence electrons. The van der Waals surface area contributed by atoms with E-state index in [1.54, 1.807) is 6.08 Å². The summed E-state index contributed by atoms with van der Waals surface area (Å²) in [6, 6.07) is 8.03. The Balaban J connectivity index is 2.10. The van der Waals surface area contributed by atoms with E-state index in [4.69, 9.17) is 4.52 Å². The van der Waals surface area contributed by atoms with Gasteiger partial charge in [-0.2, -0.15) is 4.98 Å². The summed E-state index contributed by atoms with van der Waals surface area (Å²) in [6.07, 6.45) is 1.79. The van der Waals surface area contributed by atoms with Gasteiger partial charge < -0.3 is 9.84 Å². The van der Waals surface area contributed by atoms with Crippen LogP contribution >= 0.6 is 0 Å². The fraction of sp³-hybridized carbons (Fsp3) is 0.231. The van der Waals surface area contributed by atoms with Crippen molar-refractivity contribution in [1.29, 1.82) is 0 Å². The average Bonchev–Trinajstić information content (AvgIpc) is 2.78. The highest BCUT2D eigenvalue weighted by molar-refractivity contribution is 5.55. The zero-order valence-corrected chi connectivity index (χ0v) is 9.81. The van der Waals surface area contributed by atoms with Crippen molar-refractivity contribution in [3.05, 3.63) is 48.4 Å². The van der Waals surface area contributed by atoms with Gasteiger partial charge in [0.05, 0.1) is 6.54 Å². The Hall–Kier alpha value is -1.94. The molecule has 0 spiro atoms. The largest absolute Gasteiger partial charge is 0.338 e. The average molecular weight is 229 g/mol. The van der Waals surface area contributed by atoms with Gasteiger partial charge in [-0.05, 0) is 13.0 Å². The van der Waals surface area contributed by atoms with Crippen molar-refractivity contribution in [2.75, 3.05) is 6.54 Å². The SMILES string of the molecule is C=CCNCc1nc(-c2cccc(C)c2)no1. The number of benzene rings is 1. The molecular weight excluding hydrogens is 214 g/mol. The van der Waals surface area contributed by atoms with Crippen LogP contribution in [-0.2, 0) is 6.54 Å². The van der Waals surface area contributed by atoms with Crippen LogP contribution in [0.1, 0.15) is 11.5 Å². The van der Waals surface area contributed by atoms with Gasteiger partial charge in [0, 0.05) is 12.1 Å². The Labute approximate surface area is 100 Å². The summed E-state index contributed by atoms with van der Waals surface area (Å²) < 4.78 is 5.15. The minimum atomic E-state index is 0.560. The molecule has 0 radical (unpaired) electrons. The second-order valence-electron chi connectivity index (χ2n) is 3.80. The molecule has 4 heteroatoms. The summed E-state index contributed by atoms with van der Waals surface area (Å²) in [6.45, 7) is 6.95. The predicted molar refractivity (Wildman–Crippen MR) is 66.4 cm³/mol. The van der Waals surface area contributed by atoms with Crippen LogP contribution in [0.4, 0.5) is 0 Å². The number of rotatable bonds is 5. The molecular formula is C13H15N3O. The number of hydrogen-bond donors (Lipinski definition) is 1.